The average Bonchev–Trinajstić information content (AvgIpc) is 2.29. The molecule has 0 aliphatic heterocycles. The van der Waals surface area contributed by atoms with Gasteiger partial charge in [0.05, 0.1) is 18.2 Å². The second-order valence-electron chi connectivity index (χ2n) is 4.37. The molecule has 0 aliphatic carbocycles. The second-order valence-corrected chi connectivity index (χ2v) is 9.12. The molecule has 0 spiro atoms. The van der Waals surface area contributed by atoms with E-state index in [4.69, 9.17) is 0 Å². The van der Waals surface area contributed by atoms with Gasteiger partial charge in [0.1, 0.15) is 6.61 Å². The van der Waals surface area contributed by atoms with Crippen molar-refractivity contribution >= 4 is 53.3 Å². The van der Waals surface area contributed by atoms with E-state index in [1.54, 1.807) is 0 Å². The third kappa shape index (κ3) is 4.93. The predicted molar refractivity (Wildman–Crippen MR) is 86.8 cm³/mol. The molecule has 0 saturated heterocycles. The smallest absolute Gasteiger partial charge is 0.250 e. The number of methoxy groups -OCH3 is 1. The van der Waals surface area contributed by atoms with Crippen LogP contribution in [0.4, 0.5) is 11.4 Å². The first-order chi connectivity index (χ1) is 9.96. The molecule has 0 aromatic heterocycles. The van der Waals surface area contributed by atoms with Crippen molar-refractivity contribution in [2.75, 3.05) is 35.3 Å². The van der Waals surface area contributed by atoms with Crippen molar-refractivity contribution in [1.82, 2.24) is 0 Å². The van der Waals surface area contributed by atoms with E-state index in [2.05, 4.69) is 26.0 Å². The van der Waals surface area contributed by atoms with Gasteiger partial charge in [0.2, 0.25) is 26.0 Å². The van der Waals surface area contributed by atoms with Crippen molar-refractivity contribution in [3.63, 3.8) is 0 Å². The van der Waals surface area contributed by atoms with Crippen LogP contribution in [0.15, 0.2) is 22.7 Å². The van der Waals surface area contributed by atoms with Crippen molar-refractivity contribution in [3.8, 4) is 0 Å². The maximum absolute atomic E-state index is 11.7. The number of carbonyl (C=O) groups excluding carboxylic acids is 1. The van der Waals surface area contributed by atoms with Crippen molar-refractivity contribution < 1.29 is 26.4 Å². The molecule has 0 saturated carbocycles. The second kappa shape index (κ2) is 6.94. The Kier molecular flexibility index (Phi) is 5.96. The van der Waals surface area contributed by atoms with Crippen LogP contribution >= 0.6 is 15.9 Å². The molecule has 0 heterocycles. The highest BCUT2D eigenvalue weighted by atomic mass is 79.9. The summed E-state index contributed by atoms with van der Waals surface area (Å²) in [7, 11) is -6.70. The fourth-order valence-corrected chi connectivity index (χ4v) is 5.46. The molecule has 11 heteroatoms. The summed E-state index contributed by atoms with van der Waals surface area (Å²) in [4.78, 5) is 11.4. The molecule has 1 rings (SSSR count). The largest absolute Gasteiger partial charge is 0.375 e. The van der Waals surface area contributed by atoms with Crippen molar-refractivity contribution in [2.45, 2.75) is 0 Å². The van der Waals surface area contributed by atoms with Crippen molar-refractivity contribution in [3.05, 3.63) is 22.7 Å². The van der Waals surface area contributed by atoms with Crippen LogP contribution in [0.1, 0.15) is 0 Å². The van der Waals surface area contributed by atoms with Gasteiger partial charge in [-0.05, 0) is 34.1 Å². The number of sulfonamides is 2. The van der Waals surface area contributed by atoms with Crippen LogP contribution in [0.3, 0.4) is 0 Å². The lowest BCUT2D eigenvalue weighted by Gasteiger charge is -2.21. The topological polar surface area (TPSA) is 110 Å². The lowest BCUT2D eigenvalue weighted by Crippen LogP contribution is -2.35. The van der Waals surface area contributed by atoms with Gasteiger partial charge in [0, 0.05) is 17.3 Å². The number of nitrogens with zero attached hydrogens (tertiary/aromatic N) is 1. The summed E-state index contributed by atoms with van der Waals surface area (Å²) in [6, 6.07) is 4.05. The summed E-state index contributed by atoms with van der Waals surface area (Å²) in [5, 5.41) is 2.52. The third-order valence-electron chi connectivity index (χ3n) is 2.31. The Morgan fingerprint density at radius 1 is 1.23 bits per heavy atom. The summed E-state index contributed by atoms with van der Waals surface area (Å²) < 4.78 is 52.0. The fraction of sp³-hybridized carbons (Fsp3) is 0.364. The number of carbonyl (C=O) groups is 1. The highest BCUT2D eigenvalue weighted by Crippen LogP contribution is 2.32. The number of benzene rings is 1. The van der Waals surface area contributed by atoms with Gasteiger partial charge in [-0.1, -0.05) is 0 Å². The molecule has 124 valence electrons. The van der Waals surface area contributed by atoms with E-state index in [0.29, 0.717) is 9.40 Å². The van der Waals surface area contributed by atoms with E-state index in [1.807, 2.05) is 0 Å². The first-order valence-corrected chi connectivity index (χ1v) is 10.2. The summed E-state index contributed by atoms with van der Waals surface area (Å²) in [5.74, 6) is -0.398. The van der Waals surface area contributed by atoms with Gasteiger partial charge in [-0.25, -0.2) is 16.8 Å². The van der Waals surface area contributed by atoms with Gasteiger partial charge in [0.15, 0.2) is 0 Å². The number of rotatable bonds is 6. The Hall–Kier alpha value is -1.17. The van der Waals surface area contributed by atoms with Gasteiger partial charge < -0.3 is 10.1 Å². The van der Waals surface area contributed by atoms with Crippen LogP contribution < -0.4 is 9.03 Å². The molecule has 0 fully saturated rings. The number of halogens is 1. The van der Waals surface area contributed by atoms with Gasteiger partial charge >= 0.3 is 0 Å². The number of hydrogen-bond donors (Lipinski definition) is 1. The van der Waals surface area contributed by atoms with Crippen LogP contribution in [0, 0.1) is 0 Å². The van der Waals surface area contributed by atoms with E-state index in [1.165, 1.54) is 25.3 Å². The molecule has 1 N–H and O–H groups in total. The van der Waals surface area contributed by atoms with Crippen LogP contribution in [-0.2, 0) is 29.6 Å². The van der Waals surface area contributed by atoms with E-state index in [0.717, 1.165) is 12.5 Å². The Morgan fingerprint density at radius 3 is 2.18 bits per heavy atom. The number of hydrogen-bond acceptors (Lipinski definition) is 6. The summed E-state index contributed by atoms with van der Waals surface area (Å²) in [6.45, 7) is -0.141. The van der Waals surface area contributed by atoms with Crippen LogP contribution in [-0.4, -0.2) is 49.0 Å². The first-order valence-electron chi connectivity index (χ1n) is 5.75. The standard InChI is InChI=1S/C11H15BrN2O6S2/c1-20-7-11(15)13-8-4-5-10(9(12)6-8)14(21(2,16)17)22(3,18)19/h4-6H,7H2,1-3H3,(H,13,15). The lowest BCUT2D eigenvalue weighted by atomic mass is 10.3. The zero-order valence-electron chi connectivity index (χ0n) is 12.0. The average molecular weight is 415 g/mol. The Balaban J connectivity index is 3.25. The highest BCUT2D eigenvalue weighted by Gasteiger charge is 2.29. The normalized spacial score (nSPS) is 12.0. The van der Waals surface area contributed by atoms with Gasteiger partial charge in [0.25, 0.3) is 0 Å². The van der Waals surface area contributed by atoms with Crippen LogP contribution in [0.2, 0.25) is 0 Å². The molecule has 8 nitrogen and oxygen atoms in total. The minimum absolute atomic E-state index is 0.0743. The number of nitrogens with one attached hydrogen (secondary N) is 1. The molecule has 0 atom stereocenters. The maximum Gasteiger partial charge on any atom is 0.250 e. The molecule has 1 amide bonds. The molecule has 0 aliphatic rings. The molecule has 0 radical (unpaired) electrons. The SMILES string of the molecule is COCC(=O)Nc1ccc(N(S(C)(=O)=O)S(C)(=O)=O)c(Br)c1. The monoisotopic (exact) mass is 414 g/mol. The molecule has 0 unspecified atom stereocenters. The van der Waals surface area contributed by atoms with Crippen LogP contribution in [0.25, 0.3) is 0 Å². The molecule has 1 aromatic rings. The van der Waals surface area contributed by atoms with Gasteiger partial charge in [-0.15, -0.1) is 0 Å². The summed E-state index contributed by atoms with van der Waals surface area (Å²) in [6.07, 6.45) is 1.57. The summed E-state index contributed by atoms with van der Waals surface area (Å²) in [5.41, 5.74) is 0.286. The Labute approximate surface area is 137 Å². The van der Waals surface area contributed by atoms with Gasteiger partial charge in [-0.2, -0.15) is 3.71 Å². The molecular formula is C11H15BrN2O6S2. The number of ether oxygens (including phenoxy) is 1. The molecule has 22 heavy (non-hydrogen) atoms. The zero-order valence-corrected chi connectivity index (χ0v) is 15.2. The highest BCUT2D eigenvalue weighted by molar-refractivity contribution is 9.10. The number of amides is 1. The van der Waals surface area contributed by atoms with Crippen molar-refractivity contribution in [2.24, 2.45) is 0 Å². The van der Waals surface area contributed by atoms with E-state index in [-0.39, 0.29) is 16.8 Å². The molecule has 1 aromatic carbocycles. The minimum atomic E-state index is -4.03. The number of anilines is 2. The maximum atomic E-state index is 11.7. The Bertz CT molecular complexity index is 744. The molecule has 0 bridgehead atoms. The third-order valence-corrected chi connectivity index (χ3v) is 6.16. The van der Waals surface area contributed by atoms with E-state index < -0.39 is 26.0 Å². The zero-order chi connectivity index (χ0) is 17.1. The molecular weight excluding hydrogens is 400 g/mol. The van der Waals surface area contributed by atoms with E-state index in [9.17, 15) is 21.6 Å². The summed E-state index contributed by atoms with van der Waals surface area (Å²) >= 11 is 3.11. The fourth-order valence-electron chi connectivity index (χ4n) is 1.66. The van der Waals surface area contributed by atoms with Crippen molar-refractivity contribution in [1.29, 1.82) is 0 Å². The van der Waals surface area contributed by atoms with E-state index >= 15 is 0 Å². The minimum Gasteiger partial charge on any atom is -0.375 e. The van der Waals surface area contributed by atoms with Gasteiger partial charge in [-0.3, -0.25) is 4.79 Å². The van der Waals surface area contributed by atoms with Crippen LogP contribution in [0.5, 0.6) is 0 Å². The quantitative estimate of drug-likeness (QED) is 0.735. The first kappa shape index (κ1) is 18.9. The predicted octanol–water partition coefficient (Wildman–Crippen LogP) is 0.760. The Morgan fingerprint density at radius 2 is 1.77 bits per heavy atom. The lowest BCUT2D eigenvalue weighted by molar-refractivity contribution is -0.119.